The Morgan fingerprint density at radius 3 is 2.82 bits per heavy atom. The smallest absolute Gasteiger partial charge is 0.410 e. The summed E-state index contributed by atoms with van der Waals surface area (Å²) in [6.07, 6.45) is 2.33. The van der Waals surface area contributed by atoms with Gasteiger partial charge in [-0.25, -0.2) is 9.78 Å². The molecule has 28 heavy (non-hydrogen) atoms. The predicted molar refractivity (Wildman–Crippen MR) is 106 cm³/mol. The van der Waals surface area contributed by atoms with Crippen LogP contribution in [0.25, 0.3) is 0 Å². The van der Waals surface area contributed by atoms with Crippen molar-refractivity contribution in [1.29, 1.82) is 0 Å². The van der Waals surface area contributed by atoms with Gasteiger partial charge in [-0.05, 0) is 12.0 Å². The van der Waals surface area contributed by atoms with Crippen LogP contribution in [0.1, 0.15) is 23.0 Å². The van der Waals surface area contributed by atoms with Gasteiger partial charge in [0.2, 0.25) is 5.91 Å². The van der Waals surface area contributed by atoms with Crippen LogP contribution in [0, 0.1) is 0 Å². The number of rotatable bonds is 5. The summed E-state index contributed by atoms with van der Waals surface area (Å²) in [7, 11) is 0. The molecule has 0 spiro atoms. The minimum atomic E-state index is -0.414. The molecule has 2 saturated heterocycles. The molecule has 0 N–H and O–H groups in total. The second-order valence-corrected chi connectivity index (χ2v) is 8.05. The van der Waals surface area contributed by atoms with Crippen LogP contribution >= 0.6 is 11.3 Å². The highest BCUT2D eigenvalue weighted by Crippen LogP contribution is 2.27. The van der Waals surface area contributed by atoms with Gasteiger partial charge in [-0.1, -0.05) is 30.3 Å². The summed E-state index contributed by atoms with van der Waals surface area (Å²) in [4.78, 5) is 35.2. The number of amides is 2. The second kappa shape index (κ2) is 8.70. The van der Waals surface area contributed by atoms with Crippen molar-refractivity contribution in [3.8, 4) is 0 Å². The Morgan fingerprint density at radius 2 is 2.04 bits per heavy atom. The average molecular weight is 401 g/mol. The molecule has 1 atom stereocenters. The highest BCUT2D eigenvalue weighted by atomic mass is 32.1. The summed E-state index contributed by atoms with van der Waals surface area (Å²) in [6.45, 7) is 4.33. The van der Waals surface area contributed by atoms with Gasteiger partial charge < -0.3 is 9.64 Å². The van der Waals surface area contributed by atoms with Gasteiger partial charge in [0.1, 0.15) is 18.2 Å². The third kappa shape index (κ3) is 4.34. The van der Waals surface area contributed by atoms with Crippen LogP contribution < -0.4 is 0 Å². The number of carbonyl (C=O) groups excluding carboxylic acids is 2. The Kier molecular flexibility index (Phi) is 5.87. The van der Waals surface area contributed by atoms with Crippen LogP contribution in [0.15, 0.2) is 41.9 Å². The molecule has 1 aromatic heterocycles. The molecule has 0 bridgehead atoms. The molecule has 2 amide bonds. The SMILES string of the molecule is O=C(CN1C(=O)OCC1c1ccccc1)N1CCCN(Cc2nccs2)CC1. The van der Waals surface area contributed by atoms with Gasteiger partial charge in [-0.2, -0.15) is 0 Å². The molecular formula is C20H24N4O3S. The number of hydrogen-bond donors (Lipinski definition) is 0. The molecule has 4 rings (SSSR count). The third-order valence-electron chi connectivity index (χ3n) is 5.25. The lowest BCUT2D eigenvalue weighted by molar-refractivity contribution is -0.131. The highest BCUT2D eigenvalue weighted by molar-refractivity contribution is 7.09. The van der Waals surface area contributed by atoms with Gasteiger partial charge in [0.15, 0.2) is 0 Å². The normalized spacial score (nSPS) is 20.9. The highest BCUT2D eigenvalue weighted by Gasteiger charge is 2.36. The lowest BCUT2D eigenvalue weighted by atomic mass is 10.1. The fraction of sp³-hybridized carbons (Fsp3) is 0.450. The van der Waals surface area contributed by atoms with Crippen molar-refractivity contribution in [3.63, 3.8) is 0 Å². The summed E-state index contributed by atoms with van der Waals surface area (Å²) in [6, 6.07) is 9.53. The van der Waals surface area contributed by atoms with Crippen LogP contribution in [0.4, 0.5) is 4.79 Å². The van der Waals surface area contributed by atoms with Crippen molar-refractivity contribution >= 4 is 23.3 Å². The van der Waals surface area contributed by atoms with Crippen molar-refractivity contribution in [2.75, 3.05) is 39.3 Å². The van der Waals surface area contributed by atoms with Gasteiger partial charge in [-0.15, -0.1) is 11.3 Å². The van der Waals surface area contributed by atoms with E-state index in [0.29, 0.717) is 13.1 Å². The van der Waals surface area contributed by atoms with E-state index in [-0.39, 0.29) is 25.1 Å². The number of cyclic esters (lactones) is 1. The van der Waals surface area contributed by atoms with E-state index in [4.69, 9.17) is 4.74 Å². The standard InChI is InChI=1S/C20H24N4O3S/c25-19(14-24-17(15-27-20(24)26)16-5-2-1-3-6-16)23-9-4-8-22(10-11-23)13-18-21-7-12-28-18/h1-3,5-7,12,17H,4,8-11,13-15H2. The summed E-state index contributed by atoms with van der Waals surface area (Å²) in [5, 5.41) is 3.09. The number of thiazole rings is 1. The van der Waals surface area contributed by atoms with Crippen molar-refractivity contribution in [3.05, 3.63) is 52.5 Å². The van der Waals surface area contributed by atoms with E-state index in [1.54, 1.807) is 16.2 Å². The molecule has 2 aliphatic heterocycles. The topological polar surface area (TPSA) is 66.0 Å². The van der Waals surface area contributed by atoms with Crippen LogP contribution in [-0.4, -0.2) is 71.0 Å². The molecule has 7 nitrogen and oxygen atoms in total. The molecule has 0 saturated carbocycles. The summed E-state index contributed by atoms with van der Waals surface area (Å²) in [5.41, 5.74) is 0.992. The Hall–Kier alpha value is -2.45. The molecule has 1 aromatic carbocycles. The first kappa shape index (κ1) is 18.9. The van der Waals surface area contributed by atoms with E-state index in [1.165, 1.54) is 0 Å². The van der Waals surface area contributed by atoms with Crippen molar-refractivity contribution in [1.82, 2.24) is 19.7 Å². The Labute approximate surface area is 168 Å². The number of aromatic nitrogens is 1. The minimum Gasteiger partial charge on any atom is -0.447 e. The molecule has 1 unspecified atom stereocenters. The van der Waals surface area contributed by atoms with E-state index in [1.807, 2.05) is 46.8 Å². The van der Waals surface area contributed by atoms with Crippen LogP contribution in [0.3, 0.4) is 0 Å². The van der Waals surface area contributed by atoms with E-state index in [2.05, 4.69) is 9.88 Å². The Balaban J connectivity index is 1.35. The number of nitrogens with zero attached hydrogens (tertiary/aromatic N) is 4. The van der Waals surface area contributed by atoms with Crippen LogP contribution in [-0.2, 0) is 16.1 Å². The molecule has 8 heteroatoms. The molecule has 2 aromatic rings. The van der Waals surface area contributed by atoms with Crippen molar-refractivity contribution in [2.45, 2.75) is 19.0 Å². The Morgan fingerprint density at radius 1 is 1.18 bits per heavy atom. The van der Waals surface area contributed by atoms with Crippen LogP contribution in [0.5, 0.6) is 0 Å². The second-order valence-electron chi connectivity index (χ2n) is 7.07. The number of carbonyl (C=O) groups is 2. The van der Waals surface area contributed by atoms with E-state index in [0.717, 1.165) is 36.6 Å². The fourth-order valence-electron chi connectivity index (χ4n) is 3.72. The van der Waals surface area contributed by atoms with E-state index >= 15 is 0 Å². The third-order valence-corrected chi connectivity index (χ3v) is 6.01. The maximum atomic E-state index is 12.9. The van der Waals surface area contributed by atoms with Gasteiger partial charge >= 0.3 is 6.09 Å². The lowest BCUT2D eigenvalue weighted by Gasteiger charge is -2.26. The Bertz CT molecular complexity index is 799. The van der Waals surface area contributed by atoms with Gasteiger partial charge in [0.05, 0.1) is 12.6 Å². The molecule has 0 radical (unpaired) electrons. The van der Waals surface area contributed by atoms with Gasteiger partial charge in [0, 0.05) is 37.8 Å². The lowest BCUT2D eigenvalue weighted by Crippen LogP contribution is -2.43. The van der Waals surface area contributed by atoms with Crippen LogP contribution in [0.2, 0.25) is 0 Å². The molecule has 2 fully saturated rings. The van der Waals surface area contributed by atoms with E-state index in [9.17, 15) is 9.59 Å². The molecule has 148 valence electrons. The first-order chi connectivity index (χ1) is 13.7. The zero-order valence-corrected chi connectivity index (χ0v) is 16.5. The monoisotopic (exact) mass is 400 g/mol. The maximum Gasteiger partial charge on any atom is 0.410 e. The fourth-order valence-corrected chi connectivity index (χ4v) is 4.38. The zero-order chi connectivity index (χ0) is 19.3. The molecule has 2 aliphatic rings. The first-order valence-corrected chi connectivity index (χ1v) is 10.5. The largest absolute Gasteiger partial charge is 0.447 e. The van der Waals surface area contributed by atoms with E-state index < -0.39 is 6.09 Å². The average Bonchev–Trinajstić information content (AvgIpc) is 3.27. The number of benzene rings is 1. The molecule has 0 aliphatic carbocycles. The minimum absolute atomic E-state index is 0.0177. The summed E-state index contributed by atoms with van der Waals surface area (Å²) >= 11 is 1.66. The summed E-state index contributed by atoms with van der Waals surface area (Å²) < 4.78 is 5.22. The number of hydrogen-bond acceptors (Lipinski definition) is 6. The van der Waals surface area contributed by atoms with Gasteiger partial charge in [-0.3, -0.25) is 14.6 Å². The predicted octanol–water partition coefficient (Wildman–Crippen LogP) is 2.37. The maximum absolute atomic E-state index is 12.9. The zero-order valence-electron chi connectivity index (χ0n) is 15.7. The summed E-state index contributed by atoms with van der Waals surface area (Å²) in [5.74, 6) is -0.0177. The quantitative estimate of drug-likeness (QED) is 0.771. The van der Waals surface area contributed by atoms with Gasteiger partial charge in [0.25, 0.3) is 0 Å². The number of ether oxygens (including phenoxy) is 1. The molecule has 3 heterocycles. The van der Waals surface area contributed by atoms with Crippen molar-refractivity contribution < 1.29 is 14.3 Å². The first-order valence-electron chi connectivity index (χ1n) is 9.57. The van der Waals surface area contributed by atoms with Crippen molar-refractivity contribution in [2.24, 2.45) is 0 Å². The molecular weight excluding hydrogens is 376 g/mol.